The van der Waals surface area contributed by atoms with Gasteiger partial charge in [0.05, 0.1) is 0 Å². The molecule has 0 aliphatic carbocycles. The predicted molar refractivity (Wildman–Crippen MR) is 117 cm³/mol. The van der Waals surface area contributed by atoms with Crippen LogP contribution in [0.3, 0.4) is 0 Å². The summed E-state index contributed by atoms with van der Waals surface area (Å²) >= 11 is 0. The fourth-order valence-corrected chi connectivity index (χ4v) is 3.60. The van der Waals surface area contributed by atoms with E-state index in [1.165, 1.54) is 5.56 Å². The number of Topliss-reactive ketones (excluding diaryl/α,β-unsaturated/α-hetero) is 1. The maximum absolute atomic E-state index is 13.2. The van der Waals surface area contributed by atoms with E-state index in [0.717, 1.165) is 34.1 Å². The molecule has 0 atom stereocenters. The fourth-order valence-electron chi connectivity index (χ4n) is 3.60. The Kier molecular flexibility index (Phi) is 4.64. The summed E-state index contributed by atoms with van der Waals surface area (Å²) in [4.78, 5) is 13.2. The average Bonchev–Trinajstić information content (AvgIpc) is 3.05. The van der Waals surface area contributed by atoms with Crippen LogP contribution in [0.15, 0.2) is 85.1 Å². The molecular formula is C26H25NO. The molecule has 4 aromatic rings. The molecule has 140 valence electrons. The Hall–Kier alpha value is -3.13. The van der Waals surface area contributed by atoms with E-state index >= 15 is 0 Å². The number of carbonyl (C=O) groups is 1. The Bertz CT molecular complexity index is 1120. The molecule has 0 fully saturated rings. The summed E-state index contributed by atoms with van der Waals surface area (Å²) in [5.41, 5.74) is 4.99. The summed E-state index contributed by atoms with van der Waals surface area (Å²) in [6.07, 6.45) is 2.03. The number of fused-ring (bicyclic) bond motifs is 1. The van der Waals surface area contributed by atoms with Crippen molar-refractivity contribution in [2.75, 3.05) is 0 Å². The van der Waals surface area contributed by atoms with Gasteiger partial charge in [-0.05, 0) is 28.8 Å². The lowest BCUT2D eigenvalue weighted by Crippen LogP contribution is -2.19. The Morgan fingerprint density at radius 3 is 2.11 bits per heavy atom. The van der Waals surface area contributed by atoms with Crippen molar-refractivity contribution in [3.8, 4) is 11.1 Å². The molecule has 2 nitrogen and oxygen atoms in total. The number of hydrogen-bond donors (Lipinski definition) is 0. The average molecular weight is 367 g/mol. The normalized spacial score (nSPS) is 11.7. The molecule has 0 bridgehead atoms. The Morgan fingerprint density at radius 1 is 0.821 bits per heavy atom. The van der Waals surface area contributed by atoms with Crippen molar-refractivity contribution in [1.82, 2.24) is 4.57 Å². The molecule has 0 N–H and O–H groups in total. The first-order chi connectivity index (χ1) is 13.4. The van der Waals surface area contributed by atoms with Crippen LogP contribution in [0.5, 0.6) is 0 Å². The Morgan fingerprint density at radius 2 is 1.46 bits per heavy atom. The van der Waals surface area contributed by atoms with Gasteiger partial charge in [0, 0.05) is 34.6 Å². The molecule has 0 amide bonds. The zero-order chi connectivity index (χ0) is 19.7. The fraction of sp³-hybridized carbons (Fsp3) is 0.192. The molecule has 0 spiro atoms. The molecule has 3 aromatic carbocycles. The molecule has 1 heterocycles. The number of benzene rings is 3. The minimum absolute atomic E-state index is 0.175. The summed E-state index contributed by atoms with van der Waals surface area (Å²) in [7, 11) is 0. The van der Waals surface area contributed by atoms with Crippen LogP contribution < -0.4 is 0 Å². The zero-order valence-corrected chi connectivity index (χ0v) is 16.6. The number of nitrogens with zero attached hydrogens (tertiary/aromatic N) is 1. The van der Waals surface area contributed by atoms with Crippen molar-refractivity contribution in [3.05, 3.63) is 96.2 Å². The summed E-state index contributed by atoms with van der Waals surface area (Å²) in [6.45, 7) is 6.70. The van der Waals surface area contributed by atoms with Crippen molar-refractivity contribution in [2.24, 2.45) is 5.41 Å². The van der Waals surface area contributed by atoms with Gasteiger partial charge in [-0.1, -0.05) is 87.5 Å². The second kappa shape index (κ2) is 7.12. The van der Waals surface area contributed by atoms with Gasteiger partial charge in [-0.15, -0.1) is 0 Å². The monoisotopic (exact) mass is 367 g/mol. The van der Waals surface area contributed by atoms with Crippen LogP contribution in [0.4, 0.5) is 0 Å². The molecule has 0 saturated heterocycles. The standard InChI is InChI=1S/C26H25NO/c1-26(2,3)25(28)23-18-27(17-19-10-6-4-7-11-19)24-15-14-21(16-22(23)24)20-12-8-5-9-13-20/h4-16,18H,17H2,1-3H3. The van der Waals surface area contributed by atoms with Crippen LogP contribution in [0.2, 0.25) is 0 Å². The Labute approximate surface area is 166 Å². The van der Waals surface area contributed by atoms with E-state index in [2.05, 4.69) is 59.2 Å². The van der Waals surface area contributed by atoms with Gasteiger partial charge in [-0.3, -0.25) is 4.79 Å². The summed E-state index contributed by atoms with van der Waals surface area (Å²) in [5, 5.41) is 1.03. The van der Waals surface area contributed by atoms with Gasteiger partial charge in [0.15, 0.2) is 5.78 Å². The Balaban J connectivity index is 1.88. The smallest absolute Gasteiger partial charge is 0.170 e. The van der Waals surface area contributed by atoms with E-state index < -0.39 is 5.41 Å². The third kappa shape index (κ3) is 3.50. The van der Waals surface area contributed by atoms with Crippen LogP contribution in [0, 0.1) is 5.41 Å². The second-order valence-corrected chi connectivity index (χ2v) is 8.33. The third-order valence-corrected chi connectivity index (χ3v) is 5.11. The van der Waals surface area contributed by atoms with Crippen LogP contribution in [-0.2, 0) is 6.54 Å². The lowest BCUT2D eigenvalue weighted by molar-refractivity contribution is 0.0860. The number of ketones is 1. The molecule has 0 aliphatic heterocycles. The van der Waals surface area contributed by atoms with Gasteiger partial charge < -0.3 is 4.57 Å². The quantitative estimate of drug-likeness (QED) is 0.373. The van der Waals surface area contributed by atoms with E-state index in [9.17, 15) is 4.79 Å². The van der Waals surface area contributed by atoms with Crippen LogP contribution >= 0.6 is 0 Å². The molecule has 28 heavy (non-hydrogen) atoms. The van der Waals surface area contributed by atoms with Gasteiger partial charge >= 0.3 is 0 Å². The van der Waals surface area contributed by atoms with Crippen molar-refractivity contribution in [3.63, 3.8) is 0 Å². The highest BCUT2D eigenvalue weighted by Gasteiger charge is 2.26. The first-order valence-electron chi connectivity index (χ1n) is 9.70. The molecule has 0 unspecified atom stereocenters. The van der Waals surface area contributed by atoms with Crippen LogP contribution in [-0.4, -0.2) is 10.4 Å². The first-order valence-corrected chi connectivity index (χ1v) is 9.70. The van der Waals surface area contributed by atoms with E-state index in [0.29, 0.717) is 0 Å². The maximum Gasteiger partial charge on any atom is 0.170 e. The molecular weight excluding hydrogens is 342 g/mol. The SMILES string of the molecule is CC(C)(C)C(=O)c1cn(Cc2ccccc2)c2ccc(-c3ccccc3)cc12. The van der Waals surface area contributed by atoms with Crippen molar-refractivity contribution >= 4 is 16.7 Å². The topological polar surface area (TPSA) is 22.0 Å². The van der Waals surface area contributed by atoms with Crippen molar-refractivity contribution in [1.29, 1.82) is 0 Å². The molecule has 0 radical (unpaired) electrons. The predicted octanol–water partition coefficient (Wildman–Crippen LogP) is 6.59. The summed E-state index contributed by atoms with van der Waals surface area (Å²) < 4.78 is 2.19. The van der Waals surface area contributed by atoms with Gasteiger partial charge in [-0.25, -0.2) is 0 Å². The zero-order valence-electron chi connectivity index (χ0n) is 16.6. The van der Waals surface area contributed by atoms with Gasteiger partial charge in [0.25, 0.3) is 0 Å². The number of rotatable bonds is 4. The minimum atomic E-state index is -0.422. The molecule has 0 aliphatic rings. The largest absolute Gasteiger partial charge is 0.342 e. The highest BCUT2D eigenvalue weighted by Crippen LogP contribution is 2.32. The highest BCUT2D eigenvalue weighted by molar-refractivity contribution is 6.11. The summed E-state index contributed by atoms with van der Waals surface area (Å²) in [6, 6.07) is 27.1. The molecule has 2 heteroatoms. The van der Waals surface area contributed by atoms with E-state index in [-0.39, 0.29) is 5.78 Å². The number of carbonyl (C=O) groups excluding carboxylic acids is 1. The lowest BCUT2D eigenvalue weighted by atomic mass is 9.86. The number of hydrogen-bond acceptors (Lipinski definition) is 1. The van der Waals surface area contributed by atoms with E-state index in [1.54, 1.807) is 0 Å². The van der Waals surface area contributed by atoms with E-state index in [1.807, 2.05) is 51.2 Å². The van der Waals surface area contributed by atoms with Crippen LogP contribution in [0.25, 0.3) is 22.0 Å². The maximum atomic E-state index is 13.2. The minimum Gasteiger partial charge on any atom is -0.342 e. The van der Waals surface area contributed by atoms with E-state index in [4.69, 9.17) is 0 Å². The highest BCUT2D eigenvalue weighted by atomic mass is 16.1. The molecule has 1 aromatic heterocycles. The molecule has 0 saturated carbocycles. The van der Waals surface area contributed by atoms with Crippen molar-refractivity contribution in [2.45, 2.75) is 27.3 Å². The van der Waals surface area contributed by atoms with Gasteiger partial charge in [-0.2, -0.15) is 0 Å². The van der Waals surface area contributed by atoms with Crippen LogP contribution in [0.1, 0.15) is 36.7 Å². The summed E-state index contributed by atoms with van der Waals surface area (Å²) in [5.74, 6) is 0.175. The van der Waals surface area contributed by atoms with Crippen molar-refractivity contribution < 1.29 is 4.79 Å². The molecule has 4 rings (SSSR count). The number of aromatic nitrogens is 1. The van der Waals surface area contributed by atoms with Gasteiger partial charge in [0.2, 0.25) is 0 Å². The van der Waals surface area contributed by atoms with Gasteiger partial charge in [0.1, 0.15) is 0 Å². The second-order valence-electron chi connectivity index (χ2n) is 8.33. The first kappa shape index (κ1) is 18.2. The lowest BCUT2D eigenvalue weighted by Gasteiger charge is -2.15. The third-order valence-electron chi connectivity index (χ3n) is 5.11.